The molecule has 1 saturated heterocycles. The fourth-order valence-corrected chi connectivity index (χ4v) is 6.69. The normalized spacial score (nSPS) is 17.3. The molecule has 2 N–H and O–H groups in total. The quantitative estimate of drug-likeness (QED) is 0.266. The number of ether oxygens (including phenoxy) is 1. The molecule has 2 unspecified atom stereocenters. The molecule has 0 radical (unpaired) electrons. The average molecular weight is 695 g/mol. The van der Waals surface area contributed by atoms with Crippen molar-refractivity contribution in [3.8, 4) is 0 Å². The van der Waals surface area contributed by atoms with E-state index in [2.05, 4.69) is 15.3 Å². The Morgan fingerprint density at radius 3 is 2.06 bits per heavy atom. The van der Waals surface area contributed by atoms with Gasteiger partial charge in [0.25, 0.3) is 0 Å². The number of sulfone groups is 1. The molecule has 2 aromatic heterocycles. The molecule has 49 heavy (non-hydrogen) atoms. The molecule has 0 bridgehead atoms. The number of benzene rings is 1. The van der Waals surface area contributed by atoms with E-state index < -0.39 is 62.7 Å². The summed E-state index contributed by atoms with van der Waals surface area (Å²) in [5.74, 6) is -1.35. The lowest BCUT2D eigenvalue weighted by Crippen LogP contribution is -2.54. The first-order valence-electron chi connectivity index (χ1n) is 16.1. The lowest BCUT2D eigenvalue weighted by Gasteiger charge is -2.37. The van der Waals surface area contributed by atoms with Gasteiger partial charge >= 0.3 is 19.2 Å². The fourth-order valence-electron chi connectivity index (χ4n) is 5.22. The highest BCUT2D eigenvalue weighted by molar-refractivity contribution is 7.91. The summed E-state index contributed by atoms with van der Waals surface area (Å²) in [6.07, 6.45) is 0.450. The Kier molecular flexibility index (Phi) is 10.7. The van der Waals surface area contributed by atoms with Gasteiger partial charge in [0.15, 0.2) is 10.4 Å². The Morgan fingerprint density at radius 2 is 1.55 bits per heavy atom. The van der Waals surface area contributed by atoms with Gasteiger partial charge in [0.05, 0.1) is 16.9 Å². The van der Waals surface area contributed by atoms with Crippen molar-refractivity contribution in [2.75, 3.05) is 4.90 Å². The first-order chi connectivity index (χ1) is 22.5. The highest BCUT2D eigenvalue weighted by Gasteiger charge is 2.51. The molecule has 1 aliphatic heterocycles. The molecule has 0 aliphatic carbocycles. The summed E-state index contributed by atoms with van der Waals surface area (Å²) in [5.41, 5.74) is -1.27. The molecule has 1 aliphatic rings. The van der Waals surface area contributed by atoms with E-state index in [9.17, 15) is 23.1 Å². The number of carboxylic acid groups (broad SMARTS) is 1. The van der Waals surface area contributed by atoms with Crippen LogP contribution < -0.4 is 15.7 Å². The second-order valence-corrected chi connectivity index (χ2v) is 17.2. The van der Waals surface area contributed by atoms with Crippen LogP contribution in [0.25, 0.3) is 0 Å². The van der Waals surface area contributed by atoms with E-state index in [-0.39, 0.29) is 23.1 Å². The number of rotatable bonds is 10. The molecular weight excluding hydrogens is 647 g/mol. The van der Waals surface area contributed by atoms with Gasteiger partial charge in [-0.1, -0.05) is 57.2 Å². The third kappa shape index (κ3) is 8.67. The Hall–Kier alpha value is -3.85. The number of nitrogens with zero attached hydrogens (tertiary/aromatic N) is 3. The molecule has 0 saturated carbocycles. The summed E-state index contributed by atoms with van der Waals surface area (Å²) in [6, 6.07) is 15.1. The second-order valence-electron chi connectivity index (χ2n) is 15.2. The molecule has 12 nitrogen and oxygen atoms in total. The largest absolute Gasteiger partial charge is 0.494 e. The van der Waals surface area contributed by atoms with E-state index in [1.54, 1.807) is 53.7 Å². The maximum absolute atomic E-state index is 14.1. The topological polar surface area (TPSA) is 157 Å². The monoisotopic (exact) mass is 694 g/mol. The van der Waals surface area contributed by atoms with Gasteiger partial charge in [-0.3, -0.25) is 5.32 Å². The van der Waals surface area contributed by atoms with Crippen LogP contribution in [0.5, 0.6) is 0 Å². The summed E-state index contributed by atoms with van der Waals surface area (Å²) in [7, 11) is -4.75. The van der Waals surface area contributed by atoms with Crippen molar-refractivity contribution < 1.29 is 37.2 Å². The molecule has 3 heterocycles. The molecule has 14 heteroatoms. The van der Waals surface area contributed by atoms with Gasteiger partial charge in [-0.2, -0.15) is 0 Å². The minimum atomic E-state index is -4.20. The van der Waals surface area contributed by atoms with Gasteiger partial charge in [0, 0.05) is 12.7 Å². The number of carboxylic acids is 1. The number of aliphatic carboxylic acids is 1. The molecule has 3 aromatic rings. The summed E-state index contributed by atoms with van der Waals surface area (Å²) in [5, 5.41) is 11.8. The number of carbonyl (C=O) groups excluding carboxylic acids is 1. The van der Waals surface area contributed by atoms with Gasteiger partial charge < -0.3 is 19.2 Å². The van der Waals surface area contributed by atoms with E-state index in [0.717, 1.165) is 15.9 Å². The first kappa shape index (κ1) is 38.0. The molecule has 4 rings (SSSR count). The molecular formula is C35H47BN4O8S. The van der Waals surface area contributed by atoms with E-state index in [1.165, 1.54) is 30.5 Å². The zero-order valence-corrected chi connectivity index (χ0v) is 30.7. The standard InChI is InChI=1S/C35H47BN4O8S/c1-32(2,3)28(30(41)42)40(31(43)46-33(4,5)6)26-15-13-14-25(39-26)29(49(44,45)27-16-11-12-21-37-27)38-22-23-17-19-24(20-18-23)36-47-34(7,8)35(9,10)48-36/h11-21,28-29,38H,22H2,1-10H3,(H,41,42). The number of anilines is 1. The summed E-state index contributed by atoms with van der Waals surface area (Å²) < 4.78 is 46.2. The average Bonchev–Trinajstić information content (AvgIpc) is 3.21. The summed E-state index contributed by atoms with van der Waals surface area (Å²) in [4.78, 5) is 35.9. The third-order valence-electron chi connectivity index (χ3n) is 8.41. The van der Waals surface area contributed by atoms with Crippen molar-refractivity contribution in [1.29, 1.82) is 0 Å². The predicted molar refractivity (Wildman–Crippen MR) is 187 cm³/mol. The fraction of sp³-hybridized carbons (Fsp3) is 0.486. The number of nitrogens with one attached hydrogen (secondary N) is 1. The number of hydrogen-bond donors (Lipinski definition) is 2. The van der Waals surface area contributed by atoms with Crippen LogP contribution in [0, 0.1) is 5.41 Å². The van der Waals surface area contributed by atoms with Crippen LogP contribution in [0.2, 0.25) is 0 Å². The van der Waals surface area contributed by atoms with Gasteiger partial charge in [0.2, 0.25) is 9.84 Å². The smallest absolute Gasteiger partial charge is 0.480 e. The lowest BCUT2D eigenvalue weighted by molar-refractivity contribution is -0.141. The zero-order valence-electron chi connectivity index (χ0n) is 29.8. The van der Waals surface area contributed by atoms with Crippen molar-refractivity contribution in [3.05, 3.63) is 78.1 Å². The molecule has 1 amide bonds. The summed E-state index contributed by atoms with van der Waals surface area (Å²) in [6.45, 7) is 18.1. The molecule has 264 valence electrons. The van der Waals surface area contributed by atoms with Gasteiger partial charge in [-0.05, 0) is 89.2 Å². The number of aromatic nitrogens is 2. The van der Waals surface area contributed by atoms with Gasteiger partial charge in [-0.15, -0.1) is 0 Å². The summed E-state index contributed by atoms with van der Waals surface area (Å²) >= 11 is 0. The predicted octanol–water partition coefficient (Wildman–Crippen LogP) is 5.28. The van der Waals surface area contributed by atoms with Gasteiger partial charge in [-0.25, -0.2) is 32.9 Å². The number of amides is 1. The molecule has 1 fully saturated rings. The van der Waals surface area contributed by atoms with E-state index >= 15 is 0 Å². The minimum absolute atomic E-state index is 0.0311. The van der Waals surface area contributed by atoms with E-state index in [1.807, 2.05) is 52.0 Å². The lowest BCUT2D eigenvalue weighted by atomic mass is 9.79. The number of carbonyl (C=O) groups is 2. The highest BCUT2D eigenvalue weighted by Crippen LogP contribution is 2.37. The maximum atomic E-state index is 14.1. The van der Waals surface area contributed by atoms with Crippen molar-refractivity contribution in [1.82, 2.24) is 15.3 Å². The van der Waals surface area contributed by atoms with Crippen molar-refractivity contribution in [2.24, 2.45) is 5.41 Å². The third-order valence-corrected chi connectivity index (χ3v) is 10.3. The Balaban J connectivity index is 1.73. The molecule has 2 atom stereocenters. The highest BCUT2D eigenvalue weighted by atomic mass is 32.2. The van der Waals surface area contributed by atoms with Crippen LogP contribution in [0.15, 0.2) is 71.9 Å². The van der Waals surface area contributed by atoms with Crippen LogP contribution in [0.1, 0.15) is 85.9 Å². The van der Waals surface area contributed by atoms with Crippen LogP contribution in [0.4, 0.5) is 10.6 Å². The van der Waals surface area contributed by atoms with Gasteiger partial charge in [0.1, 0.15) is 17.5 Å². The van der Waals surface area contributed by atoms with Crippen molar-refractivity contribution in [2.45, 2.75) is 109 Å². The number of hydrogen-bond acceptors (Lipinski definition) is 10. The van der Waals surface area contributed by atoms with Crippen LogP contribution in [-0.2, 0) is 35.2 Å². The van der Waals surface area contributed by atoms with Crippen LogP contribution in [0.3, 0.4) is 0 Å². The Labute approximate surface area is 289 Å². The zero-order chi connectivity index (χ0) is 36.6. The van der Waals surface area contributed by atoms with Crippen LogP contribution in [-0.4, -0.2) is 65.5 Å². The first-order valence-corrected chi connectivity index (χ1v) is 17.6. The van der Waals surface area contributed by atoms with Crippen molar-refractivity contribution >= 4 is 40.3 Å². The van der Waals surface area contributed by atoms with E-state index in [4.69, 9.17) is 14.0 Å². The second kappa shape index (κ2) is 13.8. The maximum Gasteiger partial charge on any atom is 0.494 e. The van der Waals surface area contributed by atoms with E-state index in [0.29, 0.717) is 0 Å². The Bertz CT molecular complexity index is 1740. The van der Waals surface area contributed by atoms with Crippen molar-refractivity contribution in [3.63, 3.8) is 0 Å². The number of pyridine rings is 2. The Morgan fingerprint density at radius 1 is 0.939 bits per heavy atom. The molecule has 1 aromatic carbocycles. The molecule has 0 spiro atoms. The minimum Gasteiger partial charge on any atom is -0.480 e. The SMILES string of the molecule is CC(C)(C)OC(=O)N(c1cccc(C(NCc2ccc(B3OC(C)(C)C(C)(C)O3)cc2)S(=O)(=O)c2ccccn2)n1)C(C(=O)O)C(C)(C)C. The van der Waals surface area contributed by atoms with Crippen LogP contribution >= 0.6 is 0 Å².